The van der Waals surface area contributed by atoms with Crippen LogP contribution >= 0.6 is 0 Å². The highest BCUT2D eigenvalue weighted by Gasteiger charge is 2.38. The number of primary amides is 1. The van der Waals surface area contributed by atoms with Crippen molar-refractivity contribution in [3.05, 3.63) is 0 Å². The van der Waals surface area contributed by atoms with Crippen molar-refractivity contribution in [1.29, 1.82) is 0 Å². The standard InChI is InChI=1S/C13H23NO2.C9H17NO2.C7H17N.C3H9N.C3H8.C2H3NO2/c1-9(14-13(15)16-2)12-7-10-5-3-4-6-11(10)8-12;1-8(5-4-6-11)7-10(3)9(2)12;1-6(2)5-7(3)8-4;1-3(2)4;1-3-2;3-2(5)1-4/h9-12H,3-8H2,1-2H3,(H,14,15);6,8H,4-5,7H2,1-3H3;6-8H,5H2,1-4H3;3H,4H2,1-2H3;3H2,1-2H3;1H,(H2,3,5)/t;8-;;;;/m.1..../s1. The molecule has 6 N–H and O–H groups in total. The summed E-state index contributed by atoms with van der Waals surface area (Å²) < 4.78 is 4.65. The third-order valence-electron chi connectivity index (χ3n) is 7.85. The highest BCUT2D eigenvalue weighted by Crippen LogP contribution is 2.46. The van der Waals surface area contributed by atoms with Gasteiger partial charge in [-0.1, -0.05) is 80.6 Å². The Morgan fingerprint density at radius 1 is 0.958 bits per heavy atom. The van der Waals surface area contributed by atoms with Crippen molar-refractivity contribution in [2.45, 2.75) is 152 Å². The first-order chi connectivity index (χ1) is 22.4. The third kappa shape index (κ3) is 36.3. The van der Waals surface area contributed by atoms with Crippen molar-refractivity contribution < 1.29 is 28.7 Å². The first kappa shape index (κ1) is 52.3. The van der Waals surface area contributed by atoms with E-state index in [1.54, 1.807) is 18.9 Å². The molecule has 48 heavy (non-hydrogen) atoms. The maximum Gasteiger partial charge on any atom is 0.407 e. The Morgan fingerprint density at radius 3 is 1.69 bits per heavy atom. The van der Waals surface area contributed by atoms with E-state index >= 15 is 0 Å². The van der Waals surface area contributed by atoms with Crippen LogP contribution in [-0.2, 0) is 23.9 Å². The van der Waals surface area contributed by atoms with E-state index in [-0.39, 0.29) is 24.3 Å². The van der Waals surface area contributed by atoms with Crippen molar-refractivity contribution in [3.8, 4) is 0 Å². The lowest BCUT2D eigenvalue weighted by molar-refractivity contribution is -0.129. The summed E-state index contributed by atoms with van der Waals surface area (Å²) in [5.41, 5.74) is 9.40. The topological polar surface area (TPSA) is 174 Å². The zero-order valence-corrected chi connectivity index (χ0v) is 33.1. The molecule has 0 radical (unpaired) electrons. The number of aldehydes is 2. The molecule has 2 rings (SSSR count). The number of hydrogen-bond donors (Lipinski definition) is 4. The van der Waals surface area contributed by atoms with Gasteiger partial charge in [-0.2, -0.15) is 0 Å². The summed E-state index contributed by atoms with van der Waals surface area (Å²) >= 11 is 0. The molecule has 0 saturated heterocycles. The minimum Gasteiger partial charge on any atom is -0.453 e. The second kappa shape index (κ2) is 34.3. The lowest BCUT2D eigenvalue weighted by Gasteiger charge is -2.24. The Balaban J connectivity index is -0.000000268. The molecular formula is C37H77N5O6. The van der Waals surface area contributed by atoms with Crippen molar-refractivity contribution in [1.82, 2.24) is 15.5 Å². The number of amides is 3. The lowest BCUT2D eigenvalue weighted by Crippen LogP contribution is -2.37. The maximum absolute atomic E-state index is 11.2. The Bertz CT molecular complexity index is 794. The fourth-order valence-corrected chi connectivity index (χ4v) is 5.41. The smallest absolute Gasteiger partial charge is 0.407 e. The van der Waals surface area contributed by atoms with Crippen molar-refractivity contribution in [3.63, 3.8) is 0 Å². The predicted molar refractivity (Wildman–Crippen MR) is 199 cm³/mol. The van der Waals surface area contributed by atoms with E-state index in [4.69, 9.17) is 10.5 Å². The van der Waals surface area contributed by atoms with E-state index < -0.39 is 5.91 Å². The molecule has 0 aromatic rings. The number of carbonyl (C=O) groups is 5. The molecule has 0 heterocycles. The van der Waals surface area contributed by atoms with E-state index in [0.29, 0.717) is 30.3 Å². The van der Waals surface area contributed by atoms with Crippen LogP contribution in [0.1, 0.15) is 133 Å². The second-order valence-electron chi connectivity index (χ2n) is 14.0. The molecule has 0 bridgehead atoms. The highest BCUT2D eigenvalue weighted by molar-refractivity contribution is 6.22. The molecule has 11 heteroatoms. The Hall–Kier alpha value is -2.53. The first-order valence-corrected chi connectivity index (χ1v) is 18.0. The number of alkyl carbamates (subject to hydrolysis) is 1. The normalized spacial score (nSPS) is 19.0. The zero-order chi connectivity index (χ0) is 38.2. The number of ether oxygens (including phenoxy) is 1. The largest absolute Gasteiger partial charge is 0.453 e. The number of carbonyl (C=O) groups excluding carboxylic acids is 5. The summed E-state index contributed by atoms with van der Waals surface area (Å²) in [4.78, 5) is 51.9. The monoisotopic (exact) mass is 688 g/mol. The van der Waals surface area contributed by atoms with Crippen LogP contribution in [0.3, 0.4) is 0 Å². The fourth-order valence-electron chi connectivity index (χ4n) is 5.41. The lowest BCUT2D eigenvalue weighted by atomic mass is 9.82. The quantitative estimate of drug-likeness (QED) is 0.149. The Morgan fingerprint density at radius 2 is 1.40 bits per heavy atom. The summed E-state index contributed by atoms with van der Waals surface area (Å²) in [6.45, 7) is 21.3. The van der Waals surface area contributed by atoms with Crippen LogP contribution in [0.4, 0.5) is 4.79 Å². The molecule has 2 fully saturated rings. The molecule has 4 unspecified atom stereocenters. The fraction of sp³-hybridized carbons (Fsp3) is 0.865. The van der Waals surface area contributed by atoms with E-state index in [1.165, 1.54) is 58.5 Å². The van der Waals surface area contributed by atoms with Gasteiger partial charge in [0.25, 0.3) is 5.91 Å². The number of fused-ring (bicyclic) bond motifs is 1. The molecule has 0 aromatic carbocycles. The molecule has 11 nitrogen and oxygen atoms in total. The maximum atomic E-state index is 11.2. The van der Waals surface area contributed by atoms with Crippen LogP contribution in [0, 0.1) is 29.6 Å². The van der Waals surface area contributed by atoms with E-state index in [2.05, 4.69) is 62.6 Å². The molecule has 2 aliphatic carbocycles. The molecule has 2 saturated carbocycles. The molecule has 0 aromatic heterocycles. The SMILES string of the molecule is CC(=O)N(C)C[C@H](C)CCC=O.CC(C)N.CCC.CNC(C)CC(C)C.COC(=O)NC(C)C1CC2CCCCC2C1.NC(=O)C=O. The van der Waals surface area contributed by atoms with Crippen molar-refractivity contribution in [2.24, 2.45) is 41.1 Å². The first-order valence-electron chi connectivity index (χ1n) is 18.0. The van der Waals surface area contributed by atoms with Crippen LogP contribution in [0.2, 0.25) is 0 Å². The van der Waals surface area contributed by atoms with Crippen LogP contribution < -0.4 is 22.1 Å². The Kier molecular flexibility index (Phi) is 37.4. The summed E-state index contributed by atoms with van der Waals surface area (Å²) in [6.07, 6.45) is 12.9. The number of hydrogen-bond acceptors (Lipinski definition) is 8. The van der Waals surface area contributed by atoms with E-state index in [1.807, 2.05) is 27.8 Å². The minimum atomic E-state index is -0.926. The summed E-state index contributed by atoms with van der Waals surface area (Å²) in [5.74, 6) is 2.90. The average Bonchev–Trinajstić information content (AvgIpc) is 3.45. The van der Waals surface area contributed by atoms with Crippen molar-refractivity contribution >= 4 is 30.5 Å². The number of rotatable bonds is 11. The minimum absolute atomic E-state index is 0.0556. The van der Waals surface area contributed by atoms with Gasteiger partial charge in [0.2, 0.25) is 12.2 Å². The van der Waals surface area contributed by atoms with Gasteiger partial charge in [-0.25, -0.2) is 4.79 Å². The number of nitrogens with zero attached hydrogens (tertiary/aromatic N) is 1. The second-order valence-corrected chi connectivity index (χ2v) is 14.0. The number of methoxy groups -OCH3 is 1. The van der Waals surface area contributed by atoms with Gasteiger partial charge in [0.15, 0.2) is 0 Å². The summed E-state index contributed by atoms with van der Waals surface area (Å²) in [5, 5.41) is 6.12. The van der Waals surface area contributed by atoms with Gasteiger partial charge in [-0.3, -0.25) is 14.4 Å². The van der Waals surface area contributed by atoms with Gasteiger partial charge >= 0.3 is 6.09 Å². The van der Waals surface area contributed by atoms with Crippen LogP contribution in [0.25, 0.3) is 0 Å². The molecule has 2 aliphatic rings. The highest BCUT2D eigenvalue weighted by atomic mass is 16.5. The molecule has 286 valence electrons. The summed E-state index contributed by atoms with van der Waals surface area (Å²) in [7, 11) is 5.21. The number of nitrogens with one attached hydrogen (secondary N) is 2. The van der Waals surface area contributed by atoms with Gasteiger partial charge < -0.3 is 36.5 Å². The van der Waals surface area contributed by atoms with Gasteiger partial charge in [0.05, 0.1) is 7.11 Å². The molecule has 5 atom stereocenters. The van der Waals surface area contributed by atoms with E-state index in [9.17, 15) is 19.2 Å². The predicted octanol–water partition coefficient (Wildman–Crippen LogP) is 6.11. The number of nitrogens with two attached hydrogens (primary N) is 2. The van der Waals surface area contributed by atoms with Crippen molar-refractivity contribution in [2.75, 3.05) is 27.7 Å². The average molecular weight is 688 g/mol. The third-order valence-corrected chi connectivity index (χ3v) is 7.85. The van der Waals surface area contributed by atoms with E-state index in [0.717, 1.165) is 37.0 Å². The van der Waals surface area contributed by atoms with Gasteiger partial charge in [0, 0.05) is 39.0 Å². The molecule has 3 amide bonds. The van der Waals surface area contributed by atoms with Crippen LogP contribution in [0.15, 0.2) is 0 Å². The zero-order valence-electron chi connectivity index (χ0n) is 33.1. The Labute approximate surface area is 294 Å². The van der Waals surface area contributed by atoms with Gasteiger partial charge in [-0.15, -0.1) is 0 Å². The molecule has 0 spiro atoms. The van der Waals surface area contributed by atoms with Gasteiger partial charge in [0.1, 0.15) is 6.29 Å². The molecular weight excluding hydrogens is 610 g/mol. The summed E-state index contributed by atoms with van der Waals surface area (Å²) in [6, 6.07) is 1.27. The molecule has 0 aliphatic heterocycles. The van der Waals surface area contributed by atoms with Crippen LogP contribution in [0.5, 0.6) is 0 Å². The van der Waals surface area contributed by atoms with Gasteiger partial charge in [-0.05, 0) is 82.2 Å². The van der Waals surface area contributed by atoms with Crippen LogP contribution in [-0.4, -0.2) is 81.3 Å².